The molecular formula is C2H5BFLiO7. The first kappa shape index (κ1) is 17.5. The first-order chi connectivity index (χ1) is 4.91. The first-order valence-corrected chi connectivity index (χ1v) is 2.01. The third-order valence-electron chi connectivity index (χ3n) is 0.245. The van der Waals surface area contributed by atoms with E-state index in [1.807, 2.05) is 0 Å². The van der Waals surface area contributed by atoms with E-state index < -0.39 is 19.3 Å². The van der Waals surface area contributed by atoms with Crippen LogP contribution >= 0.6 is 0 Å². The second kappa shape index (κ2) is 10.4. The van der Waals surface area contributed by atoms with Gasteiger partial charge in [0.15, 0.2) is 0 Å². The zero-order valence-electron chi connectivity index (χ0n) is 4.97. The van der Waals surface area contributed by atoms with Gasteiger partial charge in [-0.3, -0.25) is 0 Å². The zero-order valence-corrected chi connectivity index (χ0v) is 4.97. The van der Waals surface area contributed by atoms with Crippen LogP contribution in [0, 0.1) is 0 Å². The van der Waals surface area contributed by atoms with Crippen LogP contribution in [0.1, 0.15) is 0 Å². The SMILES string of the molecule is O=C(O)C(=O)OF.OB(O)O.[LiH]. The van der Waals surface area contributed by atoms with E-state index in [0.717, 1.165) is 0 Å². The maximum absolute atomic E-state index is 10.4. The summed E-state index contributed by atoms with van der Waals surface area (Å²) in [5.41, 5.74) is 0. The zero-order chi connectivity index (χ0) is 9.44. The summed E-state index contributed by atoms with van der Waals surface area (Å²) in [4.78, 5) is 20.8. The monoisotopic (exact) mass is 178 g/mol. The van der Waals surface area contributed by atoms with E-state index in [1.54, 1.807) is 0 Å². The summed E-state index contributed by atoms with van der Waals surface area (Å²) >= 11 is 0. The van der Waals surface area contributed by atoms with Gasteiger partial charge >= 0.3 is 38.1 Å². The Bertz CT molecular complexity index is 137. The molecular weight excluding hydrogens is 173 g/mol. The van der Waals surface area contributed by atoms with Crippen molar-refractivity contribution in [3.63, 3.8) is 0 Å². The van der Waals surface area contributed by atoms with Gasteiger partial charge < -0.3 is 20.2 Å². The van der Waals surface area contributed by atoms with Crippen LogP contribution < -0.4 is 0 Å². The molecule has 0 aliphatic heterocycles. The second-order valence-corrected chi connectivity index (χ2v) is 1.02. The van der Waals surface area contributed by atoms with E-state index in [1.165, 1.54) is 0 Å². The Labute approximate surface area is 78.0 Å². The van der Waals surface area contributed by atoms with Gasteiger partial charge in [-0.2, -0.15) is 0 Å². The second-order valence-electron chi connectivity index (χ2n) is 1.02. The van der Waals surface area contributed by atoms with Crippen molar-refractivity contribution in [2.45, 2.75) is 0 Å². The predicted molar refractivity (Wildman–Crippen MR) is 34.4 cm³/mol. The Morgan fingerprint density at radius 1 is 1.25 bits per heavy atom. The molecule has 0 bridgehead atoms. The molecule has 12 heavy (non-hydrogen) atoms. The molecule has 0 saturated carbocycles. The number of halogens is 1. The Morgan fingerprint density at radius 3 is 1.50 bits per heavy atom. The normalized spacial score (nSPS) is 6.67. The average Bonchev–Trinajstić information content (AvgIpc) is 1.85. The molecule has 0 spiro atoms. The molecule has 0 heterocycles. The molecule has 0 aromatic rings. The van der Waals surface area contributed by atoms with Crippen LogP contribution in [0.5, 0.6) is 0 Å². The fourth-order valence-corrected chi connectivity index (χ4v) is 0.0330. The molecule has 0 aromatic carbocycles. The molecule has 0 aliphatic rings. The number of hydrogen-bond acceptors (Lipinski definition) is 6. The van der Waals surface area contributed by atoms with Crippen molar-refractivity contribution in [3.8, 4) is 0 Å². The van der Waals surface area contributed by atoms with Crippen LogP contribution in [0.2, 0.25) is 0 Å². The maximum atomic E-state index is 10.4. The summed E-state index contributed by atoms with van der Waals surface area (Å²) in [7, 11) is -2.17. The van der Waals surface area contributed by atoms with Gasteiger partial charge in [-0.1, -0.05) is 0 Å². The number of carbonyl (C=O) groups is 2. The average molecular weight is 178 g/mol. The van der Waals surface area contributed by atoms with Crippen molar-refractivity contribution in [1.29, 1.82) is 0 Å². The topological polar surface area (TPSA) is 124 Å². The van der Waals surface area contributed by atoms with Crippen molar-refractivity contribution in [3.05, 3.63) is 0 Å². The standard InChI is InChI=1S/C2HFO4.BH3O3.Li.H/c3-7-2(6)1(4)5;2-1(3)4;;/h(H,4,5);2-4H;;. The van der Waals surface area contributed by atoms with Crippen LogP contribution in [0.25, 0.3) is 0 Å². The summed E-state index contributed by atoms with van der Waals surface area (Å²) < 4.78 is 10.4. The van der Waals surface area contributed by atoms with Gasteiger partial charge in [0.2, 0.25) is 0 Å². The Kier molecular flexibility index (Phi) is 15.2. The van der Waals surface area contributed by atoms with E-state index in [4.69, 9.17) is 20.2 Å². The Hall–Kier alpha value is -0.588. The molecule has 0 saturated heterocycles. The van der Waals surface area contributed by atoms with Crippen LogP contribution in [-0.4, -0.2) is 58.3 Å². The molecule has 0 atom stereocenters. The molecule has 7 nitrogen and oxygen atoms in total. The third kappa shape index (κ3) is 22.7. The van der Waals surface area contributed by atoms with E-state index >= 15 is 0 Å². The minimum absolute atomic E-state index is 0. The third-order valence-corrected chi connectivity index (χ3v) is 0.245. The van der Waals surface area contributed by atoms with E-state index in [2.05, 4.69) is 4.94 Å². The van der Waals surface area contributed by atoms with Crippen molar-refractivity contribution < 1.29 is 39.2 Å². The molecule has 0 aromatic heterocycles. The molecule has 0 amide bonds. The summed E-state index contributed by atoms with van der Waals surface area (Å²) in [6, 6.07) is 0. The number of carboxylic acid groups (broad SMARTS) is 1. The predicted octanol–water partition coefficient (Wildman–Crippen LogP) is -3.20. The van der Waals surface area contributed by atoms with Crippen molar-refractivity contribution in [1.82, 2.24) is 0 Å². The van der Waals surface area contributed by atoms with Gasteiger partial charge in [-0.15, -0.1) is 0 Å². The fraction of sp³-hybridized carbons (Fsp3) is 0. The van der Waals surface area contributed by atoms with Crippen LogP contribution in [0.3, 0.4) is 0 Å². The minimum atomic E-state index is -2.17. The number of aliphatic carboxylic acids is 1. The Balaban J connectivity index is -0.000000142. The molecule has 0 radical (unpaired) electrons. The number of hydrogen-bond donors (Lipinski definition) is 4. The number of rotatable bonds is 0. The molecule has 0 aliphatic carbocycles. The number of carboxylic acids is 1. The van der Waals surface area contributed by atoms with E-state index in [-0.39, 0.29) is 18.9 Å². The Morgan fingerprint density at radius 2 is 1.50 bits per heavy atom. The summed E-state index contributed by atoms with van der Waals surface area (Å²) in [6.07, 6.45) is 0. The van der Waals surface area contributed by atoms with Crippen LogP contribution in [0.4, 0.5) is 4.53 Å². The molecule has 66 valence electrons. The van der Waals surface area contributed by atoms with Crippen LogP contribution in [-0.2, 0) is 14.5 Å². The van der Waals surface area contributed by atoms with Gasteiger partial charge in [-0.05, 0) is 0 Å². The number of carbonyl (C=O) groups excluding carboxylic acids is 1. The fourth-order valence-electron chi connectivity index (χ4n) is 0.0330. The van der Waals surface area contributed by atoms with Crippen molar-refractivity contribution in [2.75, 3.05) is 0 Å². The van der Waals surface area contributed by atoms with Crippen LogP contribution in [0.15, 0.2) is 0 Å². The quantitative estimate of drug-likeness (QED) is 0.227. The molecule has 10 heteroatoms. The van der Waals surface area contributed by atoms with Crippen molar-refractivity contribution >= 4 is 38.1 Å². The van der Waals surface area contributed by atoms with Crippen molar-refractivity contribution in [2.24, 2.45) is 0 Å². The van der Waals surface area contributed by atoms with Gasteiger partial charge in [0.05, 0.1) is 0 Å². The molecule has 0 fully saturated rings. The molecule has 0 rings (SSSR count). The molecule has 0 unspecified atom stereocenters. The summed E-state index contributed by atoms with van der Waals surface area (Å²) in [5, 5.41) is 29.0. The summed E-state index contributed by atoms with van der Waals surface area (Å²) in [6.45, 7) is 0. The molecule has 4 N–H and O–H groups in total. The van der Waals surface area contributed by atoms with E-state index in [0.29, 0.717) is 0 Å². The van der Waals surface area contributed by atoms with E-state index in [9.17, 15) is 14.1 Å². The van der Waals surface area contributed by atoms with Gasteiger partial charge in [0, 0.05) is 4.53 Å². The van der Waals surface area contributed by atoms with Gasteiger partial charge in [0.1, 0.15) is 0 Å². The van der Waals surface area contributed by atoms with Gasteiger partial charge in [-0.25, -0.2) is 14.5 Å². The summed E-state index contributed by atoms with van der Waals surface area (Å²) in [5.74, 6) is -3.84. The first-order valence-electron chi connectivity index (χ1n) is 2.01. The van der Waals surface area contributed by atoms with Gasteiger partial charge in [0.25, 0.3) is 0 Å².